The van der Waals surface area contributed by atoms with Gasteiger partial charge in [0, 0.05) is 20.9 Å². The highest BCUT2D eigenvalue weighted by Crippen LogP contribution is 2.36. The van der Waals surface area contributed by atoms with Crippen molar-refractivity contribution >= 4 is 69.5 Å². The van der Waals surface area contributed by atoms with Gasteiger partial charge in [0.15, 0.2) is 0 Å². The van der Waals surface area contributed by atoms with Gasteiger partial charge >= 0.3 is 0 Å². The van der Waals surface area contributed by atoms with E-state index in [2.05, 4.69) is 63.7 Å². The molecule has 1 fully saturated rings. The SMILES string of the molecule is O=C1CC(Br)C(Br)C(Br)C1Br. The maximum atomic E-state index is 11.2. The molecule has 0 aromatic rings. The molecule has 64 valence electrons. The number of halogens is 4. The molecule has 0 aromatic carbocycles. The van der Waals surface area contributed by atoms with Crippen molar-refractivity contribution in [3.05, 3.63) is 0 Å². The number of ketones is 1. The molecule has 0 N–H and O–H groups in total. The number of carbonyl (C=O) groups excluding carboxylic acids is 1. The molecule has 11 heavy (non-hydrogen) atoms. The fourth-order valence-electron chi connectivity index (χ4n) is 0.956. The van der Waals surface area contributed by atoms with Crippen molar-refractivity contribution in [3.8, 4) is 0 Å². The third-order valence-electron chi connectivity index (χ3n) is 1.63. The van der Waals surface area contributed by atoms with E-state index in [1.54, 1.807) is 0 Å². The van der Waals surface area contributed by atoms with Gasteiger partial charge in [0.2, 0.25) is 0 Å². The highest BCUT2D eigenvalue weighted by Gasteiger charge is 2.39. The normalized spacial score (nSPS) is 46.0. The summed E-state index contributed by atoms with van der Waals surface area (Å²) in [5.74, 6) is 0.254. The van der Waals surface area contributed by atoms with Crippen LogP contribution in [0.3, 0.4) is 0 Å². The topological polar surface area (TPSA) is 17.1 Å². The minimum absolute atomic E-state index is 0.0549. The molecule has 0 aliphatic heterocycles. The van der Waals surface area contributed by atoms with Crippen molar-refractivity contribution in [2.45, 2.75) is 25.7 Å². The summed E-state index contributed by atoms with van der Waals surface area (Å²) in [6.45, 7) is 0. The lowest BCUT2D eigenvalue weighted by atomic mass is 9.99. The van der Waals surface area contributed by atoms with Crippen LogP contribution in [0.15, 0.2) is 0 Å². The standard InChI is InChI=1S/C6H6Br4O/c7-2-1-3(11)5(9)6(10)4(2)8/h2,4-6H,1H2. The molecule has 0 saturated heterocycles. The van der Waals surface area contributed by atoms with Crippen LogP contribution < -0.4 is 0 Å². The van der Waals surface area contributed by atoms with Crippen molar-refractivity contribution in [2.75, 3.05) is 0 Å². The van der Waals surface area contributed by atoms with Crippen LogP contribution in [0.2, 0.25) is 0 Å². The molecule has 0 radical (unpaired) electrons. The lowest BCUT2D eigenvalue weighted by Crippen LogP contribution is -2.43. The van der Waals surface area contributed by atoms with Crippen molar-refractivity contribution in [1.82, 2.24) is 0 Å². The number of Topliss-reactive ketones (excluding diaryl/α,β-unsaturated/α-hetero) is 1. The van der Waals surface area contributed by atoms with Gasteiger partial charge in [-0.05, 0) is 0 Å². The van der Waals surface area contributed by atoms with Crippen LogP contribution in [0, 0.1) is 0 Å². The molecule has 0 amide bonds. The molecule has 4 atom stereocenters. The minimum Gasteiger partial charge on any atom is -0.298 e. The van der Waals surface area contributed by atoms with Crippen molar-refractivity contribution in [1.29, 1.82) is 0 Å². The first-order valence-electron chi connectivity index (χ1n) is 3.13. The highest BCUT2D eigenvalue weighted by molar-refractivity contribution is 9.14. The van der Waals surface area contributed by atoms with Crippen LogP contribution in [-0.2, 0) is 4.79 Å². The Morgan fingerprint density at radius 3 is 2.18 bits per heavy atom. The second-order valence-corrected chi connectivity index (χ2v) is 6.75. The lowest BCUT2D eigenvalue weighted by molar-refractivity contribution is -0.119. The van der Waals surface area contributed by atoms with E-state index in [4.69, 9.17) is 0 Å². The van der Waals surface area contributed by atoms with Crippen LogP contribution in [0.5, 0.6) is 0 Å². The zero-order valence-corrected chi connectivity index (χ0v) is 11.8. The average Bonchev–Trinajstić information content (AvgIpc) is 1.97. The van der Waals surface area contributed by atoms with E-state index < -0.39 is 0 Å². The number of rotatable bonds is 0. The molecule has 0 heterocycles. The summed E-state index contributed by atoms with van der Waals surface area (Å²) in [5, 5.41) is 0. The van der Waals surface area contributed by atoms with Crippen LogP contribution in [0.1, 0.15) is 6.42 Å². The quantitative estimate of drug-likeness (QED) is 0.558. The Morgan fingerprint density at radius 2 is 1.64 bits per heavy atom. The molecule has 0 bridgehead atoms. The van der Waals surface area contributed by atoms with E-state index in [1.165, 1.54) is 0 Å². The van der Waals surface area contributed by atoms with E-state index >= 15 is 0 Å². The summed E-state index contributed by atoms with van der Waals surface area (Å²) in [5.41, 5.74) is 0. The molecule has 0 spiro atoms. The van der Waals surface area contributed by atoms with Crippen molar-refractivity contribution < 1.29 is 4.79 Å². The minimum atomic E-state index is -0.0549. The van der Waals surface area contributed by atoms with Crippen molar-refractivity contribution in [3.63, 3.8) is 0 Å². The second kappa shape index (κ2) is 4.20. The van der Waals surface area contributed by atoms with Crippen LogP contribution in [0.4, 0.5) is 0 Å². The maximum absolute atomic E-state index is 11.2. The van der Waals surface area contributed by atoms with Gasteiger partial charge in [0.1, 0.15) is 5.78 Å². The molecular formula is C6H6Br4O. The molecule has 1 aliphatic rings. The predicted octanol–water partition coefficient (Wildman–Crippen LogP) is 3.01. The Kier molecular flexibility index (Phi) is 4.07. The zero-order valence-electron chi connectivity index (χ0n) is 5.44. The molecule has 1 saturated carbocycles. The number of alkyl halides is 4. The summed E-state index contributed by atoms with van der Waals surface area (Å²) in [6, 6.07) is 0. The third-order valence-corrected chi connectivity index (χ3v) is 8.04. The monoisotopic (exact) mass is 410 g/mol. The smallest absolute Gasteiger partial charge is 0.148 e. The Morgan fingerprint density at radius 1 is 1.09 bits per heavy atom. The Balaban J connectivity index is 2.70. The fraction of sp³-hybridized carbons (Fsp3) is 0.833. The maximum Gasteiger partial charge on any atom is 0.148 e. The lowest BCUT2D eigenvalue weighted by Gasteiger charge is -2.30. The second-order valence-electron chi connectivity index (χ2n) is 2.48. The highest BCUT2D eigenvalue weighted by atomic mass is 79.9. The first-order valence-corrected chi connectivity index (χ1v) is 6.79. The summed E-state index contributed by atoms with van der Waals surface area (Å²) in [7, 11) is 0. The van der Waals surface area contributed by atoms with Gasteiger partial charge in [-0.2, -0.15) is 0 Å². The zero-order chi connectivity index (χ0) is 8.59. The molecule has 0 aromatic heterocycles. The number of carbonyl (C=O) groups is 1. The predicted molar refractivity (Wildman–Crippen MR) is 60.5 cm³/mol. The van der Waals surface area contributed by atoms with Gasteiger partial charge in [0.25, 0.3) is 0 Å². The van der Waals surface area contributed by atoms with Crippen LogP contribution >= 0.6 is 63.7 Å². The van der Waals surface area contributed by atoms with Gasteiger partial charge in [0.05, 0.1) is 4.83 Å². The summed E-state index contributed by atoms with van der Waals surface area (Å²) in [4.78, 5) is 11.9. The first-order chi connectivity index (χ1) is 5.04. The van der Waals surface area contributed by atoms with E-state index in [-0.39, 0.29) is 20.3 Å². The number of hydrogen-bond donors (Lipinski definition) is 0. The van der Waals surface area contributed by atoms with Crippen LogP contribution in [0.25, 0.3) is 0 Å². The molecule has 1 rings (SSSR count). The summed E-state index contributed by atoms with van der Waals surface area (Å²) < 4.78 is 0. The Bertz CT molecular complexity index is 172. The van der Waals surface area contributed by atoms with E-state index in [9.17, 15) is 4.79 Å². The molecular weight excluding hydrogens is 408 g/mol. The summed E-state index contributed by atoms with van der Waals surface area (Å²) >= 11 is 13.7. The molecule has 1 aliphatic carbocycles. The van der Waals surface area contributed by atoms with E-state index in [0.717, 1.165) is 0 Å². The third kappa shape index (κ3) is 2.29. The van der Waals surface area contributed by atoms with E-state index in [1.807, 2.05) is 0 Å². The van der Waals surface area contributed by atoms with Crippen molar-refractivity contribution in [2.24, 2.45) is 0 Å². The van der Waals surface area contributed by atoms with E-state index in [0.29, 0.717) is 11.2 Å². The van der Waals surface area contributed by atoms with Gasteiger partial charge < -0.3 is 0 Å². The van der Waals surface area contributed by atoms with Crippen LogP contribution in [-0.4, -0.2) is 25.1 Å². The fourth-order valence-corrected chi connectivity index (χ4v) is 4.09. The molecule has 5 heteroatoms. The summed E-state index contributed by atoms with van der Waals surface area (Å²) in [6.07, 6.45) is 0.591. The largest absolute Gasteiger partial charge is 0.298 e. The van der Waals surface area contributed by atoms with Gasteiger partial charge in [-0.15, -0.1) is 0 Å². The Hall–Kier alpha value is 1.59. The van der Waals surface area contributed by atoms with Gasteiger partial charge in [-0.3, -0.25) is 4.79 Å². The first kappa shape index (κ1) is 10.7. The van der Waals surface area contributed by atoms with Gasteiger partial charge in [-0.1, -0.05) is 63.7 Å². The van der Waals surface area contributed by atoms with Gasteiger partial charge in [-0.25, -0.2) is 0 Å². The Labute approximate surface area is 99.2 Å². The number of hydrogen-bond acceptors (Lipinski definition) is 1. The average molecular weight is 414 g/mol. The molecule has 4 unspecified atom stereocenters. The molecule has 1 nitrogen and oxygen atoms in total.